The normalized spacial score (nSPS) is 10.6. The molecule has 0 saturated heterocycles. The molecule has 0 aliphatic rings. The predicted molar refractivity (Wildman–Crippen MR) is 56.2 cm³/mol. The smallest absolute Gasteiger partial charge is 0.221 e. The fraction of sp³-hybridized carbons (Fsp3) is 0.100. The fourth-order valence-corrected chi connectivity index (χ4v) is 1.74. The van der Waals surface area contributed by atoms with E-state index in [1.165, 1.54) is 0 Å². The van der Waals surface area contributed by atoms with Crippen molar-refractivity contribution in [2.75, 3.05) is 0 Å². The second-order valence-corrected chi connectivity index (χ2v) is 3.53. The number of aromatic nitrogens is 1. The maximum absolute atomic E-state index is 10.8. The van der Waals surface area contributed by atoms with E-state index in [9.17, 15) is 4.79 Å². The molecule has 0 radical (unpaired) electrons. The quantitative estimate of drug-likeness (QED) is 0.778. The van der Waals surface area contributed by atoms with Crippen LogP contribution in [0, 0.1) is 0 Å². The van der Waals surface area contributed by atoms with Gasteiger partial charge in [-0.15, -0.1) is 0 Å². The van der Waals surface area contributed by atoms with Gasteiger partial charge in [-0.2, -0.15) is 0 Å². The van der Waals surface area contributed by atoms with Gasteiger partial charge in [0, 0.05) is 11.6 Å². The molecule has 1 amide bonds. The molecule has 0 aliphatic carbocycles. The second-order valence-electron chi connectivity index (χ2n) is 3.12. The molecule has 1 aromatic heterocycles. The standard InChI is InChI=1S/C10H9ClN2O/c11-8-3-1-2-7-6(4-9(12)14)5-13-10(7)8/h1-3,5,13H,4H2,(H2,12,14). The fourth-order valence-electron chi connectivity index (χ4n) is 1.51. The van der Waals surface area contributed by atoms with Crippen LogP contribution in [-0.2, 0) is 11.2 Å². The van der Waals surface area contributed by atoms with E-state index in [1.54, 1.807) is 12.3 Å². The Bertz CT molecular complexity index is 490. The van der Waals surface area contributed by atoms with Crippen molar-refractivity contribution in [3.8, 4) is 0 Å². The number of para-hydroxylation sites is 1. The molecule has 2 rings (SSSR count). The Kier molecular flexibility index (Phi) is 2.17. The van der Waals surface area contributed by atoms with Crippen LogP contribution in [0.1, 0.15) is 5.56 Å². The van der Waals surface area contributed by atoms with Crippen LogP contribution in [0.5, 0.6) is 0 Å². The molecule has 3 N–H and O–H groups in total. The summed E-state index contributed by atoms with van der Waals surface area (Å²) in [6.07, 6.45) is 2.00. The molecule has 0 spiro atoms. The first-order valence-electron chi connectivity index (χ1n) is 4.21. The van der Waals surface area contributed by atoms with Crippen LogP contribution in [0.15, 0.2) is 24.4 Å². The zero-order valence-electron chi connectivity index (χ0n) is 7.38. The summed E-state index contributed by atoms with van der Waals surface area (Å²) < 4.78 is 0. The number of halogens is 1. The van der Waals surface area contributed by atoms with Crippen LogP contribution in [0.4, 0.5) is 0 Å². The molecule has 1 aromatic carbocycles. The van der Waals surface area contributed by atoms with Crippen molar-refractivity contribution in [2.24, 2.45) is 5.73 Å². The average Bonchev–Trinajstić information content (AvgIpc) is 2.49. The van der Waals surface area contributed by atoms with Gasteiger partial charge in [-0.3, -0.25) is 4.79 Å². The van der Waals surface area contributed by atoms with Crippen molar-refractivity contribution in [1.82, 2.24) is 4.98 Å². The van der Waals surface area contributed by atoms with Crippen molar-refractivity contribution in [2.45, 2.75) is 6.42 Å². The lowest BCUT2D eigenvalue weighted by molar-refractivity contribution is -0.117. The lowest BCUT2D eigenvalue weighted by atomic mass is 10.1. The lowest BCUT2D eigenvalue weighted by Gasteiger charge is -1.95. The summed E-state index contributed by atoms with van der Waals surface area (Å²) in [7, 11) is 0. The van der Waals surface area contributed by atoms with Crippen LogP contribution in [0.3, 0.4) is 0 Å². The molecule has 2 aromatic rings. The summed E-state index contributed by atoms with van der Waals surface area (Å²) >= 11 is 5.96. The predicted octanol–water partition coefficient (Wildman–Crippen LogP) is 1.85. The van der Waals surface area contributed by atoms with Gasteiger partial charge in [0.15, 0.2) is 0 Å². The van der Waals surface area contributed by atoms with E-state index in [-0.39, 0.29) is 12.3 Å². The van der Waals surface area contributed by atoms with Gasteiger partial charge in [0.1, 0.15) is 0 Å². The van der Waals surface area contributed by atoms with Crippen LogP contribution in [0.25, 0.3) is 10.9 Å². The zero-order chi connectivity index (χ0) is 10.1. The minimum absolute atomic E-state index is 0.236. The van der Waals surface area contributed by atoms with Gasteiger partial charge in [0.2, 0.25) is 5.91 Å². The summed E-state index contributed by atoms with van der Waals surface area (Å²) in [5, 5.41) is 1.61. The molecule has 0 unspecified atom stereocenters. The van der Waals surface area contributed by atoms with E-state index in [0.29, 0.717) is 5.02 Å². The number of nitrogens with one attached hydrogen (secondary N) is 1. The molecular formula is C10H9ClN2O. The minimum Gasteiger partial charge on any atom is -0.369 e. The number of primary amides is 1. The van der Waals surface area contributed by atoms with Gasteiger partial charge in [-0.1, -0.05) is 23.7 Å². The maximum Gasteiger partial charge on any atom is 0.221 e. The van der Waals surface area contributed by atoms with Crippen molar-refractivity contribution < 1.29 is 4.79 Å². The van der Waals surface area contributed by atoms with Crippen molar-refractivity contribution >= 4 is 28.4 Å². The molecule has 4 heteroatoms. The molecule has 0 bridgehead atoms. The van der Waals surface area contributed by atoms with Crippen LogP contribution in [0.2, 0.25) is 5.02 Å². The van der Waals surface area contributed by atoms with Gasteiger partial charge in [-0.05, 0) is 11.6 Å². The number of carbonyl (C=O) groups excluding carboxylic acids is 1. The lowest BCUT2D eigenvalue weighted by Crippen LogP contribution is -2.13. The first-order chi connectivity index (χ1) is 6.68. The van der Waals surface area contributed by atoms with Crippen LogP contribution in [-0.4, -0.2) is 10.9 Å². The molecule has 14 heavy (non-hydrogen) atoms. The SMILES string of the molecule is NC(=O)Cc1c[nH]c2c(Cl)cccc12. The highest BCUT2D eigenvalue weighted by atomic mass is 35.5. The highest BCUT2D eigenvalue weighted by molar-refractivity contribution is 6.35. The number of amides is 1. The third kappa shape index (κ3) is 1.46. The van der Waals surface area contributed by atoms with Gasteiger partial charge in [-0.25, -0.2) is 0 Å². The highest BCUT2D eigenvalue weighted by Gasteiger charge is 2.07. The Morgan fingerprint density at radius 2 is 2.29 bits per heavy atom. The first-order valence-corrected chi connectivity index (χ1v) is 4.59. The molecule has 72 valence electrons. The molecule has 3 nitrogen and oxygen atoms in total. The van der Waals surface area contributed by atoms with Gasteiger partial charge in [0.05, 0.1) is 17.0 Å². The summed E-state index contributed by atoms with van der Waals surface area (Å²) in [5.74, 6) is -0.342. The van der Waals surface area contributed by atoms with Crippen LogP contribution >= 0.6 is 11.6 Å². The topological polar surface area (TPSA) is 58.9 Å². The Hall–Kier alpha value is -1.48. The summed E-state index contributed by atoms with van der Waals surface area (Å²) in [6.45, 7) is 0. The van der Waals surface area contributed by atoms with Crippen molar-refractivity contribution in [3.63, 3.8) is 0 Å². The van der Waals surface area contributed by atoms with Gasteiger partial charge >= 0.3 is 0 Å². The Balaban J connectivity index is 2.58. The highest BCUT2D eigenvalue weighted by Crippen LogP contribution is 2.25. The summed E-state index contributed by atoms with van der Waals surface area (Å²) in [6, 6.07) is 5.56. The van der Waals surface area contributed by atoms with E-state index in [1.807, 2.05) is 12.1 Å². The number of hydrogen-bond donors (Lipinski definition) is 2. The Morgan fingerprint density at radius 1 is 1.50 bits per heavy atom. The number of H-pyrrole nitrogens is 1. The number of nitrogens with two attached hydrogens (primary N) is 1. The largest absolute Gasteiger partial charge is 0.369 e. The molecule has 0 aliphatic heterocycles. The Morgan fingerprint density at radius 3 is 3.00 bits per heavy atom. The number of rotatable bonds is 2. The first kappa shape index (κ1) is 9.09. The van der Waals surface area contributed by atoms with Crippen molar-refractivity contribution in [3.05, 3.63) is 35.0 Å². The van der Waals surface area contributed by atoms with Crippen molar-refractivity contribution in [1.29, 1.82) is 0 Å². The zero-order valence-corrected chi connectivity index (χ0v) is 8.14. The maximum atomic E-state index is 10.8. The number of aromatic amines is 1. The number of carbonyl (C=O) groups is 1. The molecule has 1 heterocycles. The molecule has 0 atom stereocenters. The van der Waals surface area contributed by atoms with Gasteiger partial charge in [0.25, 0.3) is 0 Å². The van der Waals surface area contributed by atoms with E-state index < -0.39 is 0 Å². The summed E-state index contributed by atoms with van der Waals surface area (Å²) in [4.78, 5) is 13.8. The van der Waals surface area contributed by atoms with E-state index in [2.05, 4.69) is 4.98 Å². The van der Waals surface area contributed by atoms with Gasteiger partial charge < -0.3 is 10.7 Å². The van der Waals surface area contributed by atoms with Crippen LogP contribution < -0.4 is 5.73 Å². The third-order valence-corrected chi connectivity index (χ3v) is 2.43. The minimum atomic E-state index is -0.342. The molecule has 0 saturated carbocycles. The van der Waals surface area contributed by atoms with E-state index in [0.717, 1.165) is 16.5 Å². The number of fused-ring (bicyclic) bond motifs is 1. The Labute approximate surface area is 85.9 Å². The molecule has 0 fully saturated rings. The third-order valence-electron chi connectivity index (χ3n) is 2.11. The monoisotopic (exact) mass is 208 g/mol. The van der Waals surface area contributed by atoms with E-state index >= 15 is 0 Å². The number of hydrogen-bond acceptors (Lipinski definition) is 1. The number of benzene rings is 1. The van der Waals surface area contributed by atoms with E-state index in [4.69, 9.17) is 17.3 Å². The average molecular weight is 209 g/mol. The molecular weight excluding hydrogens is 200 g/mol. The summed E-state index contributed by atoms with van der Waals surface area (Å²) in [5.41, 5.74) is 6.86. The second kappa shape index (κ2) is 3.35.